The van der Waals surface area contributed by atoms with Crippen LogP contribution in [0.3, 0.4) is 0 Å². The minimum atomic E-state index is -0.690. The SMILES string of the molecule is C=CCOc1ccc([C@H]2C(C(=O)OCC)=C(C)N=c3s/c(=C\c4c5ccccc5cc5ccccc45)c(=O)n32)cc1. The number of thiazole rings is 1. The standard InChI is InChI=1S/C34H28N2O4S/c1-4-18-40-25-16-14-22(15-17-25)31-30(33(38)39-5-2)21(3)35-34-36(31)32(37)29(41-34)20-28-26-12-8-6-10-23(26)19-24-11-7-9-13-27(24)28/h4,6-17,19-20,31H,1,5,18H2,2-3H3/b29-20-/t31-/m0/s1. The number of carbonyl (C=O) groups excluding carboxylic acids is 1. The molecule has 0 N–H and O–H groups in total. The van der Waals surface area contributed by atoms with E-state index in [0.717, 1.165) is 32.7 Å². The van der Waals surface area contributed by atoms with E-state index in [4.69, 9.17) is 14.5 Å². The maximum absolute atomic E-state index is 14.2. The van der Waals surface area contributed by atoms with Gasteiger partial charge in [0.2, 0.25) is 0 Å². The molecule has 1 atom stereocenters. The number of fused-ring (bicyclic) bond motifs is 3. The Bertz CT molecular complexity index is 1980. The van der Waals surface area contributed by atoms with Crippen LogP contribution < -0.4 is 19.6 Å². The fraction of sp³-hybridized carbons (Fsp3) is 0.147. The molecule has 6 rings (SSSR count). The molecule has 1 aliphatic rings. The second-order valence-electron chi connectivity index (χ2n) is 9.70. The number of allylic oxidation sites excluding steroid dienone is 1. The molecule has 0 unspecified atom stereocenters. The van der Waals surface area contributed by atoms with Gasteiger partial charge < -0.3 is 9.47 Å². The number of rotatable bonds is 7. The van der Waals surface area contributed by atoms with Crippen molar-refractivity contribution in [1.82, 2.24) is 4.57 Å². The lowest BCUT2D eigenvalue weighted by molar-refractivity contribution is -0.139. The predicted molar refractivity (Wildman–Crippen MR) is 164 cm³/mol. The molecular formula is C34H28N2O4S. The zero-order chi connectivity index (χ0) is 28.5. The Morgan fingerprint density at radius 1 is 1.02 bits per heavy atom. The van der Waals surface area contributed by atoms with Gasteiger partial charge in [-0.05, 0) is 70.8 Å². The van der Waals surface area contributed by atoms with Gasteiger partial charge >= 0.3 is 5.97 Å². The molecule has 0 aliphatic carbocycles. The van der Waals surface area contributed by atoms with Crippen molar-refractivity contribution < 1.29 is 14.3 Å². The lowest BCUT2D eigenvalue weighted by atomic mass is 9.95. The van der Waals surface area contributed by atoms with Gasteiger partial charge in [-0.1, -0.05) is 84.7 Å². The van der Waals surface area contributed by atoms with Crippen LogP contribution in [0.2, 0.25) is 0 Å². The Balaban J connectivity index is 1.58. The molecule has 41 heavy (non-hydrogen) atoms. The van der Waals surface area contributed by atoms with Crippen LogP contribution in [0.1, 0.15) is 31.0 Å². The third kappa shape index (κ3) is 4.78. The van der Waals surface area contributed by atoms with E-state index < -0.39 is 12.0 Å². The summed E-state index contributed by atoms with van der Waals surface area (Å²) in [7, 11) is 0. The number of hydrogen-bond acceptors (Lipinski definition) is 6. The third-order valence-corrected chi connectivity index (χ3v) is 8.15. The summed E-state index contributed by atoms with van der Waals surface area (Å²) >= 11 is 1.32. The van der Waals surface area contributed by atoms with Gasteiger partial charge in [-0.25, -0.2) is 9.79 Å². The van der Waals surface area contributed by atoms with Gasteiger partial charge in [0, 0.05) is 0 Å². The second-order valence-corrected chi connectivity index (χ2v) is 10.7. The van der Waals surface area contributed by atoms with Crippen LogP contribution in [0.5, 0.6) is 5.75 Å². The van der Waals surface area contributed by atoms with E-state index in [1.807, 2.05) is 54.6 Å². The van der Waals surface area contributed by atoms with Crippen molar-refractivity contribution in [2.45, 2.75) is 19.9 Å². The van der Waals surface area contributed by atoms with E-state index >= 15 is 0 Å². The van der Waals surface area contributed by atoms with Crippen molar-refractivity contribution in [1.29, 1.82) is 0 Å². The van der Waals surface area contributed by atoms with Crippen molar-refractivity contribution in [2.75, 3.05) is 13.2 Å². The summed E-state index contributed by atoms with van der Waals surface area (Å²) in [5.74, 6) is 0.183. The number of benzene rings is 4. The highest BCUT2D eigenvalue weighted by molar-refractivity contribution is 7.07. The Hall–Kier alpha value is -4.75. The fourth-order valence-corrected chi connectivity index (χ4v) is 6.37. The quantitative estimate of drug-likeness (QED) is 0.146. The molecule has 0 bridgehead atoms. The number of carbonyl (C=O) groups is 1. The molecule has 0 saturated heterocycles. The first kappa shape index (κ1) is 26.5. The molecular weight excluding hydrogens is 532 g/mol. The van der Waals surface area contributed by atoms with Crippen molar-refractivity contribution in [3.63, 3.8) is 0 Å². The first-order valence-corrected chi connectivity index (χ1v) is 14.3. The molecule has 1 aromatic heterocycles. The van der Waals surface area contributed by atoms with Crippen molar-refractivity contribution in [3.8, 4) is 5.75 Å². The highest BCUT2D eigenvalue weighted by Crippen LogP contribution is 2.32. The molecule has 0 saturated carbocycles. The average Bonchev–Trinajstić information content (AvgIpc) is 3.29. The number of esters is 1. The van der Waals surface area contributed by atoms with E-state index in [1.165, 1.54) is 11.3 Å². The van der Waals surface area contributed by atoms with Gasteiger partial charge in [0.1, 0.15) is 12.4 Å². The summed E-state index contributed by atoms with van der Waals surface area (Å²) in [5, 5.41) is 4.32. The maximum atomic E-state index is 14.2. The first-order valence-electron chi connectivity index (χ1n) is 13.4. The Labute approximate surface area is 240 Å². The smallest absolute Gasteiger partial charge is 0.338 e. The molecule has 204 valence electrons. The van der Waals surface area contributed by atoms with E-state index in [-0.39, 0.29) is 12.2 Å². The van der Waals surface area contributed by atoms with E-state index in [9.17, 15) is 9.59 Å². The largest absolute Gasteiger partial charge is 0.490 e. The summed E-state index contributed by atoms with van der Waals surface area (Å²) in [5.41, 5.74) is 2.41. The van der Waals surface area contributed by atoms with Crippen molar-refractivity contribution in [3.05, 3.63) is 134 Å². The molecule has 5 aromatic rings. The average molecular weight is 561 g/mol. The van der Waals surface area contributed by atoms with Crippen LogP contribution in [-0.4, -0.2) is 23.8 Å². The monoisotopic (exact) mass is 560 g/mol. The number of aromatic nitrogens is 1. The minimum absolute atomic E-state index is 0.211. The maximum Gasteiger partial charge on any atom is 0.338 e. The molecule has 0 radical (unpaired) electrons. The van der Waals surface area contributed by atoms with Crippen LogP contribution in [0.25, 0.3) is 27.6 Å². The summed E-state index contributed by atoms with van der Waals surface area (Å²) in [6.07, 6.45) is 3.64. The van der Waals surface area contributed by atoms with Gasteiger partial charge in [-0.2, -0.15) is 0 Å². The number of hydrogen-bond donors (Lipinski definition) is 0. The van der Waals surface area contributed by atoms with Gasteiger partial charge in [0.05, 0.1) is 28.5 Å². The number of nitrogens with zero attached hydrogens (tertiary/aromatic N) is 2. The van der Waals surface area contributed by atoms with E-state index in [0.29, 0.717) is 33.0 Å². The Morgan fingerprint density at radius 3 is 2.32 bits per heavy atom. The summed E-state index contributed by atoms with van der Waals surface area (Å²) in [6, 6.07) is 25.2. The molecule has 0 amide bonds. The van der Waals surface area contributed by atoms with Crippen LogP contribution in [0, 0.1) is 0 Å². The lowest BCUT2D eigenvalue weighted by Gasteiger charge is -2.24. The van der Waals surface area contributed by atoms with Gasteiger partial charge in [0.15, 0.2) is 4.80 Å². The topological polar surface area (TPSA) is 69.9 Å². The van der Waals surface area contributed by atoms with Gasteiger partial charge in [0.25, 0.3) is 5.56 Å². The van der Waals surface area contributed by atoms with Gasteiger partial charge in [-0.3, -0.25) is 9.36 Å². The predicted octanol–water partition coefficient (Wildman–Crippen LogP) is 5.67. The number of ether oxygens (including phenoxy) is 2. The second kappa shape index (κ2) is 11.0. The molecule has 4 aromatic carbocycles. The Kier molecular flexibility index (Phi) is 7.12. The summed E-state index contributed by atoms with van der Waals surface area (Å²) in [6.45, 7) is 7.84. The molecule has 7 heteroatoms. The molecule has 0 fully saturated rings. The van der Waals surface area contributed by atoms with Gasteiger partial charge in [-0.15, -0.1) is 0 Å². The first-order chi connectivity index (χ1) is 20.0. The van der Waals surface area contributed by atoms with E-state index in [1.54, 1.807) is 24.5 Å². The van der Waals surface area contributed by atoms with Crippen molar-refractivity contribution >= 4 is 44.9 Å². The highest BCUT2D eigenvalue weighted by atomic mass is 32.1. The minimum Gasteiger partial charge on any atom is -0.490 e. The molecule has 2 heterocycles. The normalized spacial score (nSPS) is 15.1. The summed E-state index contributed by atoms with van der Waals surface area (Å²) in [4.78, 5) is 32.7. The lowest BCUT2D eigenvalue weighted by Crippen LogP contribution is -2.39. The molecule has 1 aliphatic heterocycles. The zero-order valence-corrected chi connectivity index (χ0v) is 23.6. The molecule has 0 spiro atoms. The fourth-order valence-electron chi connectivity index (χ4n) is 5.34. The molecule has 6 nitrogen and oxygen atoms in total. The third-order valence-electron chi connectivity index (χ3n) is 7.17. The van der Waals surface area contributed by atoms with E-state index in [2.05, 4.69) is 36.9 Å². The van der Waals surface area contributed by atoms with Crippen LogP contribution in [0.15, 0.2) is 113 Å². The highest BCUT2D eigenvalue weighted by Gasteiger charge is 2.33. The van der Waals surface area contributed by atoms with Crippen LogP contribution >= 0.6 is 11.3 Å². The van der Waals surface area contributed by atoms with Crippen LogP contribution in [-0.2, 0) is 9.53 Å². The van der Waals surface area contributed by atoms with Crippen LogP contribution in [0.4, 0.5) is 0 Å². The zero-order valence-electron chi connectivity index (χ0n) is 22.8. The van der Waals surface area contributed by atoms with Crippen molar-refractivity contribution in [2.24, 2.45) is 4.99 Å². The Morgan fingerprint density at radius 2 is 1.68 bits per heavy atom. The summed E-state index contributed by atoms with van der Waals surface area (Å²) < 4.78 is 13.2.